The first-order chi connectivity index (χ1) is 37.6. The number of hydrogen-bond acceptors (Lipinski definition) is 3. The second-order valence-electron chi connectivity index (χ2n) is 22.3. The highest BCUT2D eigenvalue weighted by Gasteiger charge is 2.13. The van der Waals surface area contributed by atoms with Crippen molar-refractivity contribution in [3.8, 4) is 0 Å². The molecule has 5 aromatic rings. The van der Waals surface area contributed by atoms with Gasteiger partial charge in [0.05, 0.1) is 11.4 Å². The molecule has 2 N–H and O–H groups in total. The van der Waals surface area contributed by atoms with Gasteiger partial charge in [0.1, 0.15) is 0 Å². The summed E-state index contributed by atoms with van der Waals surface area (Å²) in [4.78, 5) is 5.05. The third-order valence-corrected chi connectivity index (χ3v) is 15.6. The number of allylic oxidation sites excluding steroid dienone is 5. The van der Waals surface area contributed by atoms with Gasteiger partial charge >= 0.3 is 0 Å². The summed E-state index contributed by atoms with van der Waals surface area (Å²) < 4.78 is 0. The van der Waals surface area contributed by atoms with Gasteiger partial charge in [-0.1, -0.05) is 267 Å². The molecule has 6 rings (SSSR count). The zero-order valence-electron chi connectivity index (χ0n) is 48.1. The lowest BCUT2D eigenvalue weighted by atomic mass is 9.90. The second-order valence-corrected chi connectivity index (χ2v) is 22.3. The number of aliphatic imine (C=N–C) groups is 1. The Kier molecular flexibility index (Phi) is 29.4. The van der Waals surface area contributed by atoms with Gasteiger partial charge in [-0.3, -0.25) is 0 Å². The highest BCUT2D eigenvalue weighted by molar-refractivity contribution is 6.08. The number of anilines is 4. The first kappa shape index (κ1) is 59.8. The minimum Gasteiger partial charge on any atom is -0.356 e. The van der Waals surface area contributed by atoms with Crippen molar-refractivity contribution < 1.29 is 0 Å². The highest BCUT2D eigenvalue weighted by Crippen LogP contribution is 2.33. The largest absolute Gasteiger partial charge is 0.356 e. The molecule has 0 saturated carbocycles. The van der Waals surface area contributed by atoms with E-state index in [0.29, 0.717) is 0 Å². The predicted molar refractivity (Wildman–Crippen MR) is 337 cm³/mol. The molecule has 0 heterocycles. The third-order valence-electron chi connectivity index (χ3n) is 15.6. The van der Waals surface area contributed by atoms with Gasteiger partial charge in [0.2, 0.25) is 0 Å². The van der Waals surface area contributed by atoms with E-state index in [-0.39, 0.29) is 0 Å². The lowest BCUT2D eigenvalue weighted by Gasteiger charge is -2.16. The van der Waals surface area contributed by atoms with Crippen molar-refractivity contribution in [2.24, 2.45) is 4.99 Å². The van der Waals surface area contributed by atoms with Gasteiger partial charge in [0.25, 0.3) is 0 Å². The van der Waals surface area contributed by atoms with Crippen LogP contribution in [-0.4, -0.2) is 5.71 Å². The minimum atomic E-state index is 0.966. The molecule has 0 fully saturated rings. The van der Waals surface area contributed by atoms with Gasteiger partial charge in [-0.05, 0) is 150 Å². The first-order valence-electron chi connectivity index (χ1n) is 31.3. The Labute approximate surface area is 464 Å². The maximum atomic E-state index is 5.05. The molecule has 76 heavy (non-hydrogen) atoms. The number of unbranched alkanes of at least 4 members (excludes halogenated alkanes) is 27. The lowest BCUT2D eigenvalue weighted by Crippen LogP contribution is -1.99. The second kappa shape index (κ2) is 37.4. The molecule has 0 bridgehead atoms. The molecule has 0 amide bonds. The summed E-state index contributed by atoms with van der Waals surface area (Å²) in [5, 5.41) is 7.35. The fraction of sp³-hybridized carbons (Fsp3) is 0.493. The molecule has 0 unspecified atom stereocenters. The molecule has 0 radical (unpaired) electrons. The monoisotopic (exact) mass is 1020 g/mol. The Morgan fingerprint density at radius 3 is 0.855 bits per heavy atom. The van der Waals surface area contributed by atoms with Crippen molar-refractivity contribution in [1.82, 2.24) is 0 Å². The zero-order valence-corrected chi connectivity index (χ0v) is 48.1. The van der Waals surface area contributed by atoms with E-state index in [4.69, 9.17) is 4.99 Å². The van der Waals surface area contributed by atoms with Gasteiger partial charge in [-0.15, -0.1) is 0 Å². The van der Waals surface area contributed by atoms with E-state index >= 15 is 0 Å². The quantitative estimate of drug-likeness (QED) is 0.0384. The summed E-state index contributed by atoms with van der Waals surface area (Å²) >= 11 is 0. The van der Waals surface area contributed by atoms with Crippen molar-refractivity contribution in [2.45, 2.75) is 233 Å². The Morgan fingerprint density at radius 1 is 0.289 bits per heavy atom. The van der Waals surface area contributed by atoms with Crippen LogP contribution in [0.15, 0.2) is 156 Å². The van der Waals surface area contributed by atoms with E-state index in [0.717, 1.165) is 53.4 Å². The van der Waals surface area contributed by atoms with Crippen LogP contribution >= 0.6 is 0 Å². The van der Waals surface area contributed by atoms with E-state index in [1.807, 2.05) is 0 Å². The van der Waals surface area contributed by atoms with Crippen molar-refractivity contribution in [3.05, 3.63) is 179 Å². The van der Waals surface area contributed by atoms with E-state index in [1.165, 1.54) is 232 Å². The van der Waals surface area contributed by atoms with Crippen molar-refractivity contribution >= 4 is 39.7 Å². The molecule has 3 heteroatoms. The van der Waals surface area contributed by atoms with E-state index in [9.17, 15) is 0 Å². The molecule has 0 aliphatic heterocycles. The Balaban J connectivity index is 1.04. The Morgan fingerprint density at radius 2 is 0.553 bits per heavy atom. The molecule has 0 saturated heterocycles. The zero-order chi connectivity index (χ0) is 52.9. The van der Waals surface area contributed by atoms with Crippen molar-refractivity contribution in [2.75, 3.05) is 10.6 Å². The summed E-state index contributed by atoms with van der Waals surface area (Å²) in [5.41, 5.74) is 15.4. The molecular weight excluding hydrogens is 919 g/mol. The number of hydrogen-bond donors (Lipinski definition) is 2. The summed E-state index contributed by atoms with van der Waals surface area (Å²) in [6, 6.07) is 45.0. The minimum absolute atomic E-state index is 0.966. The average Bonchev–Trinajstić information content (AvgIpc) is 3.45. The maximum Gasteiger partial charge on any atom is 0.0637 e. The summed E-state index contributed by atoms with van der Waals surface area (Å²) in [5.74, 6) is 0. The van der Waals surface area contributed by atoms with Crippen LogP contribution in [0.5, 0.6) is 0 Å². The molecule has 0 spiro atoms. The Bertz CT molecular complexity index is 2260. The van der Waals surface area contributed by atoms with Gasteiger partial charge in [0, 0.05) is 22.7 Å². The first-order valence-corrected chi connectivity index (χ1v) is 31.3. The van der Waals surface area contributed by atoms with Crippen molar-refractivity contribution in [1.29, 1.82) is 0 Å². The predicted octanol–water partition coefficient (Wildman–Crippen LogP) is 23.3. The van der Waals surface area contributed by atoms with Crippen LogP contribution in [0.1, 0.15) is 241 Å². The number of rotatable bonds is 40. The van der Waals surface area contributed by atoms with Crippen LogP contribution in [0.2, 0.25) is 0 Å². The highest BCUT2D eigenvalue weighted by atomic mass is 14.9. The fourth-order valence-corrected chi connectivity index (χ4v) is 10.8. The molecular formula is C73H101N3. The van der Waals surface area contributed by atoms with E-state index in [2.05, 4.69) is 177 Å². The van der Waals surface area contributed by atoms with Gasteiger partial charge < -0.3 is 10.6 Å². The van der Waals surface area contributed by atoms with Crippen LogP contribution in [-0.2, 0) is 19.3 Å². The number of nitrogens with zero attached hydrogens (tertiary/aromatic N) is 1. The van der Waals surface area contributed by atoms with Crippen LogP contribution in [0.3, 0.4) is 0 Å². The number of nitrogens with one attached hydrogen (secondary N) is 2. The summed E-state index contributed by atoms with van der Waals surface area (Å²) in [7, 11) is 0. The summed E-state index contributed by atoms with van der Waals surface area (Å²) in [6.45, 7) is 6.89. The lowest BCUT2D eigenvalue weighted by molar-refractivity contribution is 0.556. The topological polar surface area (TPSA) is 36.4 Å². The Hall–Kier alpha value is -5.41. The van der Waals surface area contributed by atoms with Gasteiger partial charge in [0.15, 0.2) is 0 Å². The number of aryl methyl sites for hydroxylation is 3. The molecule has 408 valence electrons. The smallest absolute Gasteiger partial charge is 0.0637 e. The SMILES string of the molecule is CCCCCCCCCCCCc1ccc(N=C2C=CC(=C(c3ccc(Nc4ccc(CCCCCCCCCCCC)cc4)cc3)c3ccc(Nc4ccc(CCCCCCCCCCCC)cc4)cc3)C=C2)cc1. The maximum absolute atomic E-state index is 5.05. The standard InChI is InChI=1S/C73H101N3/c1-4-7-10-13-16-19-22-25-28-31-34-61-37-49-67(50-38-61)74-70-55-43-64(44-56-70)73(65-45-57-71(58-46-65)75-68-51-39-62(40-52-68)35-32-29-26-23-20-17-14-11-8-5-2)66-47-59-72(60-48-66)76-69-53-41-63(42-54-69)36-33-30-27-24-21-18-15-12-9-6-3/h37-60,74-75H,4-36H2,1-3H3. The van der Waals surface area contributed by atoms with E-state index in [1.54, 1.807) is 0 Å². The van der Waals surface area contributed by atoms with Crippen LogP contribution < -0.4 is 10.6 Å². The molecule has 3 nitrogen and oxygen atoms in total. The van der Waals surface area contributed by atoms with E-state index < -0.39 is 0 Å². The molecule has 5 aromatic carbocycles. The fourth-order valence-electron chi connectivity index (χ4n) is 10.8. The number of benzene rings is 5. The molecule has 1 aliphatic rings. The third kappa shape index (κ3) is 23.9. The molecule has 0 aromatic heterocycles. The van der Waals surface area contributed by atoms with Gasteiger partial charge in [-0.2, -0.15) is 0 Å². The molecule has 0 atom stereocenters. The molecule has 1 aliphatic carbocycles. The van der Waals surface area contributed by atoms with Crippen molar-refractivity contribution in [3.63, 3.8) is 0 Å². The van der Waals surface area contributed by atoms with Crippen LogP contribution in [0, 0.1) is 0 Å². The van der Waals surface area contributed by atoms with Crippen LogP contribution in [0.25, 0.3) is 5.57 Å². The average molecular weight is 1020 g/mol. The van der Waals surface area contributed by atoms with Crippen LogP contribution in [0.4, 0.5) is 28.4 Å². The normalized spacial score (nSPS) is 12.1. The summed E-state index contributed by atoms with van der Waals surface area (Å²) in [6.07, 6.45) is 53.5. The van der Waals surface area contributed by atoms with Gasteiger partial charge in [-0.25, -0.2) is 4.99 Å².